The Kier molecular flexibility index (Phi) is 4.13. The second-order valence-electron chi connectivity index (χ2n) is 8.41. The van der Waals surface area contributed by atoms with Gasteiger partial charge in [-0.05, 0) is 82.1 Å². The van der Waals surface area contributed by atoms with Crippen LogP contribution >= 0.6 is 0 Å². The van der Waals surface area contributed by atoms with Gasteiger partial charge in [0.2, 0.25) is 0 Å². The number of likely N-dealkylation sites (tertiary alicyclic amines) is 1. The molecule has 2 heterocycles. The van der Waals surface area contributed by atoms with E-state index in [1.165, 1.54) is 41.4 Å². The number of rotatable bonds is 4. The minimum Gasteiger partial charge on any atom is -0.340 e. The van der Waals surface area contributed by atoms with Gasteiger partial charge in [-0.25, -0.2) is 0 Å². The van der Waals surface area contributed by atoms with Crippen LogP contribution in [0, 0.1) is 0 Å². The number of fused-ring (bicyclic) bond motifs is 5. The number of hydrogen-bond acceptors (Lipinski definition) is 3. The van der Waals surface area contributed by atoms with Gasteiger partial charge < -0.3 is 9.47 Å². The van der Waals surface area contributed by atoms with Gasteiger partial charge in [-0.2, -0.15) is 0 Å². The van der Waals surface area contributed by atoms with E-state index in [1.807, 2.05) is 18.2 Å². The Balaban J connectivity index is 1.70. The summed E-state index contributed by atoms with van der Waals surface area (Å²) in [5.41, 5.74) is 5.16. The maximum atomic E-state index is 12.3. The van der Waals surface area contributed by atoms with Gasteiger partial charge in [-0.1, -0.05) is 0 Å². The van der Waals surface area contributed by atoms with Crippen LogP contribution in [0.25, 0.3) is 21.8 Å². The molecule has 0 radical (unpaired) electrons. The van der Waals surface area contributed by atoms with E-state index in [-0.39, 0.29) is 11.6 Å². The molecule has 0 N–H and O–H groups in total. The molecule has 5 rings (SSSR count). The Bertz CT molecular complexity index is 1120. The van der Waals surface area contributed by atoms with Gasteiger partial charge in [-0.15, -0.1) is 0 Å². The summed E-state index contributed by atoms with van der Waals surface area (Å²) in [5, 5.41) is 2.30. The predicted molar refractivity (Wildman–Crippen MR) is 112 cm³/mol. The molecule has 4 heteroatoms. The fourth-order valence-electron chi connectivity index (χ4n) is 5.24. The van der Waals surface area contributed by atoms with E-state index in [0.717, 1.165) is 35.9 Å². The molecule has 1 aromatic heterocycles. The van der Waals surface area contributed by atoms with Crippen molar-refractivity contribution in [3.63, 3.8) is 0 Å². The zero-order valence-corrected chi connectivity index (χ0v) is 16.6. The number of carbonyl (C=O) groups excluding carboxylic acids is 2. The molecule has 0 spiro atoms. The quantitative estimate of drug-likeness (QED) is 0.626. The highest BCUT2D eigenvalue weighted by Crippen LogP contribution is 2.38. The molecule has 1 unspecified atom stereocenters. The van der Waals surface area contributed by atoms with E-state index < -0.39 is 0 Å². The third kappa shape index (κ3) is 2.62. The van der Waals surface area contributed by atoms with Crippen molar-refractivity contribution in [3.8, 4) is 0 Å². The Morgan fingerprint density at radius 3 is 2.71 bits per heavy atom. The van der Waals surface area contributed by atoms with Crippen molar-refractivity contribution < 1.29 is 9.59 Å². The number of Topliss-reactive ketones (excluding diaryl/α,β-unsaturated/α-hetero) is 2. The standard InChI is InChI=1S/C24H26N2O2/c1-15(27)16-5-8-21-20(14-16)24-19-7-10-23(28)18(19)6-9-22(24)26(21)13-11-17-4-3-12-25(17)2/h5-6,8-9,14,17H,3-4,7,10-13H2,1-2H3. The SMILES string of the molecule is CC(=O)c1ccc2c(c1)c1c3c(ccc1n2CCC1CCCN1C)C(=O)CC3. The molecule has 1 saturated heterocycles. The number of ketones is 2. The number of benzene rings is 2. The molecular weight excluding hydrogens is 348 g/mol. The minimum absolute atomic E-state index is 0.0824. The van der Waals surface area contributed by atoms with Gasteiger partial charge in [-0.3, -0.25) is 9.59 Å². The first kappa shape index (κ1) is 17.6. The molecule has 1 aliphatic carbocycles. The lowest BCUT2D eigenvalue weighted by Crippen LogP contribution is -2.26. The van der Waals surface area contributed by atoms with Crippen LogP contribution in [-0.4, -0.2) is 40.7 Å². The highest BCUT2D eigenvalue weighted by Gasteiger charge is 2.26. The maximum Gasteiger partial charge on any atom is 0.163 e. The Morgan fingerprint density at radius 2 is 1.96 bits per heavy atom. The summed E-state index contributed by atoms with van der Waals surface area (Å²) in [5.74, 6) is 0.326. The van der Waals surface area contributed by atoms with Gasteiger partial charge in [0.25, 0.3) is 0 Å². The van der Waals surface area contributed by atoms with Crippen molar-refractivity contribution in [2.24, 2.45) is 0 Å². The molecule has 4 nitrogen and oxygen atoms in total. The molecule has 28 heavy (non-hydrogen) atoms. The molecule has 144 valence electrons. The summed E-state index contributed by atoms with van der Waals surface area (Å²) in [6, 6.07) is 10.8. The average Bonchev–Trinajstić information content (AvgIpc) is 3.35. The molecule has 0 saturated carbocycles. The van der Waals surface area contributed by atoms with Crippen LogP contribution < -0.4 is 0 Å². The van der Waals surface area contributed by atoms with Crippen molar-refractivity contribution in [3.05, 3.63) is 47.0 Å². The van der Waals surface area contributed by atoms with Gasteiger partial charge in [0, 0.05) is 51.9 Å². The van der Waals surface area contributed by atoms with Crippen molar-refractivity contribution in [2.45, 2.75) is 51.6 Å². The van der Waals surface area contributed by atoms with E-state index >= 15 is 0 Å². The molecular formula is C24H26N2O2. The highest BCUT2D eigenvalue weighted by atomic mass is 16.1. The van der Waals surface area contributed by atoms with E-state index in [1.54, 1.807) is 6.92 Å². The summed E-state index contributed by atoms with van der Waals surface area (Å²) >= 11 is 0. The molecule has 2 aromatic carbocycles. The van der Waals surface area contributed by atoms with Gasteiger partial charge in [0.15, 0.2) is 11.6 Å². The Labute approximate surface area is 165 Å². The Morgan fingerprint density at radius 1 is 1.14 bits per heavy atom. The van der Waals surface area contributed by atoms with Gasteiger partial charge >= 0.3 is 0 Å². The Hall–Kier alpha value is -2.46. The maximum absolute atomic E-state index is 12.3. The van der Waals surface area contributed by atoms with Crippen LogP contribution in [0.4, 0.5) is 0 Å². The number of aryl methyl sites for hydroxylation is 2. The first-order valence-corrected chi connectivity index (χ1v) is 10.4. The van der Waals surface area contributed by atoms with Gasteiger partial charge in [0.05, 0.1) is 0 Å². The lowest BCUT2D eigenvalue weighted by Gasteiger charge is -2.20. The van der Waals surface area contributed by atoms with E-state index in [2.05, 4.69) is 28.6 Å². The van der Waals surface area contributed by atoms with Crippen LogP contribution in [0.1, 0.15) is 58.9 Å². The summed E-state index contributed by atoms with van der Waals surface area (Å²) in [6.07, 6.45) is 5.08. The van der Waals surface area contributed by atoms with Crippen molar-refractivity contribution >= 4 is 33.4 Å². The third-order valence-corrected chi connectivity index (χ3v) is 6.80. The zero-order chi connectivity index (χ0) is 19.4. The first-order valence-electron chi connectivity index (χ1n) is 10.4. The lowest BCUT2D eigenvalue weighted by molar-refractivity contribution is 0.0991. The van der Waals surface area contributed by atoms with Crippen LogP contribution in [-0.2, 0) is 13.0 Å². The van der Waals surface area contributed by atoms with Crippen LogP contribution in [0.3, 0.4) is 0 Å². The zero-order valence-electron chi connectivity index (χ0n) is 16.6. The largest absolute Gasteiger partial charge is 0.340 e. The van der Waals surface area contributed by atoms with Crippen molar-refractivity contribution in [2.75, 3.05) is 13.6 Å². The predicted octanol–water partition coefficient (Wildman–Crippen LogP) is 4.61. The van der Waals surface area contributed by atoms with Gasteiger partial charge in [0.1, 0.15) is 0 Å². The smallest absolute Gasteiger partial charge is 0.163 e. The normalized spacial score (nSPS) is 19.8. The fourth-order valence-corrected chi connectivity index (χ4v) is 5.24. The third-order valence-electron chi connectivity index (χ3n) is 6.80. The number of nitrogens with zero attached hydrogens (tertiary/aromatic N) is 2. The van der Waals surface area contributed by atoms with Crippen LogP contribution in [0.15, 0.2) is 30.3 Å². The summed E-state index contributed by atoms with van der Waals surface area (Å²) < 4.78 is 2.41. The molecule has 1 aliphatic heterocycles. The first-order chi connectivity index (χ1) is 13.5. The fraction of sp³-hybridized carbons (Fsp3) is 0.417. The monoisotopic (exact) mass is 374 g/mol. The number of aromatic nitrogens is 1. The molecule has 3 aromatic rings. The molecule has 1 atom stereocenters. The summed E-state index contributed by atoms with van der Waals surface area (Å²) in [6.45, 7) is 3.76. The molecule has 2 aliphatic rings. The minimum atomic E-state index is 0.0824. The second-order valence-corrected chi connectivity index (χ2v) is 8.41. The lowest BCUT2D eigenvalue weighted by atomic mass is 10.0. The molecule has 1 fully saturated rings. The molecule has 0 bridgehead atoms. The van der Waals surface area contributed by atoms with Crippen molar-refractivity contribution in [1.29, 1.82) is 0 Å². The summed E-state index contributed by atoms with van der Waals surface area (Å²) in [7, 11) is 2.22. The van der Waals surface area contributed by atoms with E-state index in [0.29, 0.717) is 12.5 Å². The topological polar surface area (TPSA) is 42.3 Å². The average molecular weight is 374 g/mol. The summed E-state index contributed by atoms with van der Waals surface area (Å²) in [4.78, 5) is 26.8. The van der Waals surface area contributed by atoms with Crippen LogP contribution in [0.2, 0.25) is 0 Å². The molecule has 0 amide bonds. The van der Waals surface area contributed by atoms with E-state index in [4.69, 9.17) is 0 Å². The van der Waals surface area contributed by atoms with Crippen molar-refractivity contribution in [1.82, 2.24) is 9.47 Å². The second kappa shape index (κ2) is 6.56. The number of carbonyl (C=O) groups is 2. The van der Waals surface area contributed by atoms with Crippen LogP contribution in [0.5, 0.6) is 0 Å². The number of hydrogen-bond donors (Lipinski definition) is 0. The highest BCUT2D eigenvalue weighted by molar-refractivity contribution is 6.16. The van der Waals surface area contributed by atoms with E-state index in [9.17, 15) is 9.59 Å².